The first-order valence-electron chi connectivity index (χ1n) is 6.49. The van der Waals surface area contributed by atoms with Gasteiger partial charge in [0.15, 0.2) is 0 Å². The number of hydrogen-bond acceptors (Lipinski definition) is 2. The zero-order valence-corrected chi connectivity index (χ0v) is 10.1. The van der Waals surface area contributed by atoms with Gasteiger partial charge in [-0.2, -0.15) is 0 Å². The van der Waals surface area contributed by atoms with Gasteiger partial charge in [0.2, 0.25) is 0 Å². The van der Waals surface area contributed by atoms with E-state index in [2.05, 4.69) is 10.2 Å². The fraction of sp³-hybridized carbons (Fsp3) is 0.571. The summed E-state index contributed by atoms with van der Waals surface area (Å²) in [7, 11) is 0. The van der Waals surface area contributed by atoms with E-state index in [-0.39, 0.29) is 5.82 Å². The molecule has 2 aliphatic rings. The number of hydrogen-bond donors (Lipinski definition) is 1. The van der Waals surface area contributed by atoms with Gasteiger partial charge in [0.1, 0.15) is 5.82 Å². The van der Waals surface area contributed by atoms with Crippen LogP contribution in [-0.4, -0.2) is 26.2 Å². The number of anilines is 1. The molecule has 0 radical (unpaired) electrons. The van der Waals surface area contributed by atoms with Gasteiger partial charge in [-0.1, -0.05) is 0 Å². The molecule has 1 spiro atoms. The Hall–Kier alpha value is -1.09. The van der Waals surface area contributed by atoms with Gasteiger partial charge in [0, 0.05) is 18.8 Å². The molecule has 0 amide bonds. The Morgan fingerprint density at radius 1 is 1.06 bits per heavy atom. The summed E-state index contributed by atoms with van der Waals surface area (Å²) in [5.41, 5.74) is 1.68. The summed E-state index contributed by atoms with van der Waals surface area (Å²) in [6.07, 6.45) is 3.85. The van der Waals surface area contributed by atoms with E-state index >= 15 is 0 Å². The monoisotopic (exact) mass is 234 g/mol. The molecule has 2 fully saturated rings. The number of nitrogens with one attached hydrogen (secondary N) is 1. The highest BCUT2D eigenvalue weighted by Gasteiger charge is 2.38. The van der Waals surface area contributed by atoms with Crippen LogP contribution in [-0.2, 0) is 0 Å². The minimum atomic E-state index is -0.149. The fourth-order valence-corrected chi connectivity index (χ4v) is 3.17. The average Bonchev–Trinajstić information content (AvgIpc) is 2.75. The van der Waals surface area contributed by atoms with Gasteiger partial charge in [0.05, 0.1) is 0 Å². The number of nitrogens with zero attached hydrogens (tertiary/aromatic N) is 1. The molecule has 1 aromatic rings. The van der Waals surface area contributed by atoms with Gasteiger partial charge in [-0.25, -0.2) is 4.39 Å². The standard InChI is InChI=1S/C14H19FN2/c15-12-1-3-13(4-2-12)17-10-7-14(11-17)5-8-16-9-6-14/h1-4,16H,5-11H2. The van der Waals surface area contributed by atoms with Gasteiger partial charge in [-0.05, 0) is 62.0 Å². The Morgan fingerprint density at radius 2 is 1.76 bits per heavy atom. The molecular formula is C14H19FN2. The molecular weight excluding hydrogens is 215 g/mol. The summed E-state index contributed by atoms with van der Waals surface area (Å²) in [6.45, 7) is 4.56. The minimum absolute atomic E-state index is 0.149. The third-order valence-electron chi connectivity index (χ3n) is 4.29. The first kappa shape index (κ1) is 11.0. The van der Waals surface area contributed by atoms with Gasteiger partial charge in [-0.15, -0.1) is 0 Å². The zero-order valence-electron chi connectivity index (χ0n) is 10.1. The molecule has 92 valence electrons. The molecule has 1 aromatic carbocycles. The summed E-state index contributed by atoms with van der Waals surface area (Å²) >= 11 is 0. The molecule has 2 aliphatic heterocycles. The largest absolute Gasteiger partial charge is 0.371 e. The van der Waals surface area contributed by atoms with Crippen LogP contribution in [0.25, 0.3) is 0 Å². The van der Waals surface area contributed by atoms with Crippen molar-refractivity contribution in [1.29, 1.82) is 0 Å². The zero-order chi connectivity index (χ0) is 11.7. The van der Waals surface area contributed by atoms with Crippen molar-refractivity contribution in [2.45, 2.75) is 19.3 Å². The SMILES string of the molecule is Fc1ccc(N2CCC3(CCNCC3)C2)cc1. The quantitative estimate of drug-likeness (QED) is 0.802. The molecule has 0 aromatic heterocycles. The van der Waals surface area contributed by atoms with E-state index in [0.717, 1.165) is 26.2 Å². The van der Waals surface area contributed by atoms with Gasteiger partial charge in [-0.3, -0.25) is 0 Å². The van der Waals surface area contributed by atoms with Crippen molar-refractivity contribution in [2.24, 2.45) is 5.41 Å². The average molecular weight is 234 g/mol. The Bertz CT molecular complexity index is 382. The fourth-order valence-electron chi connectivity index (χ4n) is 3.17. The van der Waals surface area contributed by atoms with Crippen LogP contribution in [0, 0.1) is 11.2 Å². The van der Waals surface area contributed by atoms with E-state index < -0.39 is 0 Å². The Kier molecular flexibility index (Phi) is 2.79. The number of piperidine rings is 1. The highest BCUT2D eigenvalue weighted by Crippen LogP contribution is 2.40. The van der Waals surface area contributed by atoms with Crippen molar-refractivity contribution >= 4 is 5.69 Å². The number of rotatable bonds is 1. The highest BCUT2D eigenvalue weighted by molar-refractivity contribution is 5.47. The molecule has 1 N–H and O–H groups in total. The molecule has 0 bridgehead atoms. The lowest BCUT2D eigenvalue weighted by Gasteiger charge is -2.34. The van der Waals surface area contributed by atoms with Crippen LogP contribution in [0.4, 0.5) is 10.1 Å². The van der Waals surface area contributed by atoms with Crippen LogP contribution in [0.3, 0.4) is 0 Å². The predicted molar refractivity (Wildman–Crippen MR) is 67.8 cm³/mol. The van der Waals surface area contributed by atoms with Gasteiger partial charge < -0.3 is 10.2 Å². The third-order valence-corrected chi connectivity index (χ3v) is 4.29. The van der Waals surface area contributed by atoms with Crippen LogP contribution in [0.15, 0.2) is 24.3 Å². The Balaban J connectivity index is 1.72. The van der Waals surface area contributed by atoms with E-state index in [1.807, 2.05) is 12.1 Å². The maximum absolute atomic E-state index is 12.9. The second kappa shape index (κ2) is 4.30. The smallest absolute Gasteiger partial charge is 0.123 e. The summed E-state index contributed by atoms with van der Waals surface area (Å²) in [4.78, 5) is 2.41. The van der Waals surface area contributed by atoms with Gasteiger partial charge >= 0.3 is 0 Å². The summed E-state index contributed by atoms with van der Waals surface area (Å²) in [5, 5.41) is 3.43. The van der Waals surface area contributed by atoms with Crippen molar-refractivity contribution in [3.63, 3.8) is 0 Å². The lowest BCUT2D eigenvalue weighted by molar-refractivity contribution is 0.232. The van der Waals surface area contributed by atoms with E-state index in [1.165, 1.54) is 24.9 Å². The molecule has 17 heavy (non-hydrogen) atoms. The second-order valence-corrected chi connectivity index (χ2v) is 5.40. The Labute approximate surface area is 102 Å². The van der Waals surface area contributed by atoms with Crippen molar-refractivity contribution in [2.75, 3.05) is 31.1 Å². The third kappa shape index (κ3) is 2.16. The van der Waals surface area contributed by atoms with E-state index in [0.29, 0.717) is 5.41 Å². The Morgan fingerprint density at radius 3 is 2.47 bits per heavy atom. The molecule has 0 saturated carbocycles. The van der Waals surface area contributed by atoms with Crippen LogP contribution < -0.4 is 10.2 Å². The molecule has 2 heterocycles. The molecule has 0 aliphatic carbocycles. The van der Waals surface area contributed by atoms with Crippen LogP contribution in [0.5, 0.6) is 0 Å². The van der Waals surface area contributed by atoms with E-state index in [1.54, 1.807) is 12.1 Å². The van der Waals surface area contributed by atoms with Crippen molar-refractivity contribution in [3.05, 3.63) is 30.1 Å². The molecule has 2 nitrogen and oxygen atoms in total. The van der Waals surface area contributed by atoms with Crippen LogP contribution in [0.1, 0.15) is 19.3 Å². The number of halogens is 1. The molecule has 3 rings (SSSR count). The molecule has 0 unspecified atom stereocenters. The minimum Gasteiger partial charge on any atom is -0.371 e. The first-order valence-corrected chi connectivity index (χ1v) is 6.49. The lowest BCUT2D eigenvalue weighted by Crippen LogP contribution is -2.38. The van der Waals surface area contributed by atoms with Crippen LogP contribution >= 0.6 is 0 Å². The first-order chi connectivity index (χ1) is 8.27. The second-order valence-electron chi connectivity index (χ2n) is 5.40. The van der Waals surface area contributed by atoms with Gasteiger partial charge in [0.25, 0.3) is 0 Å². The van der Waals surface area contributed by atoms with Crippen molar-refractivity contribution in [1.82, 2.24) is 5.32 Å². The van der Waals surface area contributed by atoms with E-state index in [9.17, 15) is 4.39 Å². The lowest BCUT2D eigenvalue weighted by atomic mass is 9.78. The van der Waals surface area contributed by atoms with Crippen molar-refractivity contribution < 1.29 is 4.39 Å². The molecule has 0 atom stereocenters. The summed E-state index contributed by atoms with van der Waals surface area (Å²) < 4.78 is 12.9. The highest BCUT2D eigenvalue weighted by atomic mass is 19.1. The summed E-state index contributed by atoms with van der Waals surface area (Å²) in [5.74, 6) is -0.149. The number of benzene rings is 1. The van der Waals surface area contributed by atoms with E-state index in [4.69, 9.17) is 0 Å². The molecule has 2 saturated heterocycles. The topological polar surface area (TPSA) is 15.3 Å². The van der Waals surface area contributed by atoms with Crippen LogP contribution in [0.2, 0.25) is 0 Å². The van der Waals surface area contributed by atoms with Crippen molar-refractivity contribution in [3.8, 4) is 0 Å². The normalized spacial score (nSPS) is 23.2. The maximum atomic E-state index is 12.9. The molecule has 3 heteroatoms. The maximum Gasteiger partial charge on any atom is 0.123 e. The predicted octanol–water partition coefficient (Wildman–Crippen LogP) is 2.41. The summed E-state index contributed by atoms with van der Waals surface area (Å²) in [6, 6.07) is 6.91.